The first kappa shape index (κ1) is 19.2. The van der Waals surface area contributed by atoms with E-state index in [-0.39, 0.29) is 11.6 Å². The van der Waals surface area contributed by atoms with Crippen LogP contribution >= 0.6 is 0 Å². The maximum atomic E-state index is 13.2. The van der Waals surface area contributed by atoms with Gasteiger partial charge >= 0.3 is 0 Å². The van der Waals surface area contributed by atoms with Crippen molar-refractivity contribution in [3.63, 3.8) is 0 Å². The van der Waals surface area contributed by atoms with Crippen LogP contribution in [-0.4, -0.2) is 34.2 Å². The van der Waals surface area contributed by atoms with Gasteiger partial charge in [-0.25, -0.2) is 4.68 Å². The van der Waals surface area contributed by atoms with Crippen molar-refractivity contribution in [1.29, 1.82) is 5.26 Å². The number of hydrogen-bond donors (Lipinski definition) is 0. The average Bonchev–Trinajstić information content (AvgIpc) is 3.18. The number of hydrogen-bond acceptors (Lipinski definition) is 4. The first-order valence-corrected chi connectivity index (χ1v) is 9.13. The SMILES string of the molecule is CCCN(Cc1ccc(C#N)cc1)C(=O)c1nn(-c2ccccc2)cc1OC. The first-order valence-electron chi connectivity index (χ1n) is 9.13. The lowest BCUT2D eigenvalue weighted by Gasteiger charge is -2.21. The van der Waals surface area contributed by atoms with Crippen LogP contribution in [0.2, 0.25) is 0 Å². The molecule has 3 rings (SSSR count). The fourth-order valence-corrected chi connectivity index (χ4v) is 2.95. The number of benzene rings is 2. The largest absolute Gasteiger partial charge is 0.493 e. The molecule has 0 spiro atoms. The van der Waals surface area contributed by atoms with Crippen LogP contribution in [-0.2, 0) is 6.54 Å². The fraction of sp³-hybridized carbons (Fsp3) is 0.227. The minimum Gasteiger partial charge on any atom is -0.493 e. The Labute approximate surface area is 164 Å². The number of aromatic nitrogens is 2. The van der Waals surface area contributed by atoms with Crippen LogP contribution in [0.3, 0.4) is 0 Å². The van der Waals surface area contributed by atoms with Crippen LogP contribution in [0.4, 0.5) is 0 Å². The molecule has 0 aliphatic rings. The molecule has 0 saturated carbocycles. The number of amides is 1. The van der Waals surface area contributed by atoms with Crippen LogP contribution in [0.25, 0.3) is 5.69 Å². The highest BCUT2D eigenvalue weighted by Crippen LogP contribution is 2.22. The molecule has 0 fully saturated rings. The number of carbonyl (C=O) groups is 1. The predicted molar refractivity (Wildman–Crippen MR) is 106 cm³/mol. The lowest BCUT2D eigenvalue weighted by Crippen LogP contribution is -2.32. The quantitative estimate of drug-likeness (QED) is 0.630. The predicted octanol–water partition coefficient (Wildman–Crippen LogP) is 3.80. The van der Waals surface area contributed by atoms with E-state index < -0.39 is 0 Å². The van der Waals surface area contributed by atoms with E-state index in [2.05, 4.69) is 11.2 Å². The van der Waals surface area contributed by atoms with Gasteiger partial charge in [0.2, 0.25) is 0 Å². The van der Waals surface area contributed by atoms with Gasteiger partial charge in [-0.1, -0.05) is 37.3 Å². The summed E-state index contributed by atoms with van der Waals surface area (Å²) in [4.78, 5) is 15.0. The highest BCUT2D eigenvalue weighted by Gasteiger charge is 2.23. The zero-order chi connectivity index (χ0) is 19.9. The molecule has 0 saturated heterocycles. The number of rotatable bonds is 7. The summed E-state index contributed by atoms with van der Waals surface area (Å²) in [7, 11) is 1.54. The molecule has 1 aromatic heterocycles. The molecular formula is C22H22N4O2. The summed E-state index contributed by atoms with van der Waals surface area (Å²) in [5.74, 6) is 0.257. The smallest absolute Gasteiger partial charge is 0.278 e. The Hall–Kier alpha value is -3.59. The molecule has 0 aliphatic heterocycles. The molecule has 1 heterocycles. The zero-order valence-electron chi connectivity index (χ0n) is 16.0. The van der Waals surface area contributed by atoms with Gasteiger partial charge in [0.15, 0.2) is 11.4 Å². The van der Waals surface area contributed by atoms with Crippen molar-refractivity contribution in [2.45, 2.75) is 19.9 Å². The van der Waals surface area contributed by atoms with Crippen molar-refractivity contribution in [2.75, 3.05) is 13.7 Å². The summed E-state index contributed by atoms with van der Waals surface area (Å²) < 4.78 is 7.06. The lowest BCUT2D eigenvalue weighted by molar-refractivity contribution is 0.0733. The van der Waals surface area contributed by atoms with E-state index >= 15 is 0 Å². The van der Waals surface area contributed by atoms with E-state index in [1.54, 1.807) is 27.9 Å². The van der Waals surface area contributed by atoms with Crippen LogP contribution in [0.5, 0.6) is 5.75 Å². The molecular weight excluding hydrogens is 352 g/mol. The minimum absolute atomic E-state index is 0.183. The molecule has 0 aliphatic carbocycles. The van der Waals surface area contributed by atoms with Crippen molar-refractivity contribution in [1.82, 2.24) is 14.7 Å². The first-order chi connectivity index (χ1) is 13.7. The molecule has 0 radical (unpaired) electrons. The lowest BCUT2D eigenvalue weighted by atomic mass is 10.1. The van der Waals surface area contributed by atoms with Crippen LogP contribution in [0.15, 0.2) is 60.8 Å². The second-order valence-electron chi connectivity index (χ2n) is 6.36. The van der Waals surface area contributed by atoms with Crippen molar-refractivity contribution in [3.8, 4) is 17.5 Å². The second-order valence-corrected chi connectivity index (χ2v) is 6.36. The van der Waals surface area contributed by atoms with Gasteiger partial charge in [-0.2, -0.15) is 10.4 Å². The third kappa shape index (κ3) is 4.21. The second kappa shape index (κ2) is 8.87. The number of nitrogens with zero attached hydrogens (tertiary/aromatic N) is 4. The highest BCUT2D eigenvalue weighted by molar-refractivity contribution is 5.95. The summed E-state index contributed by atoms with van der Waals surface area (Å²) in [6.45, 7) is 3.07. The number of ether oxygens (including phenoxy) is 1. The molecule has 6 nitrogen and oxygen atoms in total. The molecule has 6 heteroatoms. The van der Waals surface area contributed by atoms with Crippen LogP contribution < -0.4 is 4.74 Å². The number of nitriles is 1. The van der Waals surface area contributed by atoms with Gasteiger partial charge in [-0.3, -0.25) is 4.79 Å². The van der Waals surface area contributed by atoms with Crippen LogP contribution in [0.1, 0.15) is 35.0 Å². The van der Waals surface area contributed by atoms with Gasteiger partial charge in [0.1, 0.15) is 0 Å². The summed E-state index contributed by atoms with van der Waals surface area (Å²) in [6.07, 6.45) is 2.54. The highest BCUT2D eigenvalue weighted by atomic mass is 16.5. The minimum atomic E-state index is -0.183. The average molecular weight is 374 g/mol. The summed E-state index contributed by atoms with van der Waals surface area (Å²) in [5, 5.41) is 13.4. The van der Waals surface area contributed by atoms with E-state index in [1.807, 2.05) is 49.4 Å². The molecule has 1 amide bonds. The van der Waals surface area contributed by atoms with Crippen molar-refractivity contribution in [3.05, 3.63) is 77.6 Å². The van der Waals surface area contributed by atoms with Gasteiger partial charge in [0.05, 0.1) is 30.6 Å². The third-order valence-corrected chi connectivity index (χ3v) is 4.36. The maximum absolute atomic E-state index is 13.2. The van der Waals surface area contributed by atoms with E-state index in [9.17, 15) is 4.79 Å². The maximum Gasteiger partial charge on any atom is 0.278 e. The Kier molecular flexibility index (Phi) is 6.07. The van der Waals surface area contributed by atoms with Gasteiger partial charge in [-0.05, 0) is 36.2 Å². The van der Waals surface area contributed by atoms with E-state index in [0.29, 0.717) is 24.4 Å². The summed E-state index contributed by atoms with van der Waals surface area (Å²) >= 11 is 0. The monoisotopic (exact) mass is 374 g/mol. The molecule has 0 unspecified atom stereocenters. The van der Waals surface area contributed by atoms with Crippen molar-refractivity contribution >= 4 is 5.91 Å². The van der Waals surface area contributed by atoms with E-state index in [0.717, 1.165) is 17.7 Å². The number of para-hydroxylation sites is 1. The Bertz CT molecular complexity index is 972. The molecule has 3 aromatic rings. The van der Waals surface area contributed by atoms with Crippen LogP contribution in [0, 0.1) is 11.3 Å². The standard InChI is InChI=1S/C22H22N4O2/c1-3-13-25(15-18-11-9-17(14-23)10-12-18)22(27)21-20(28-2)16-26(24-21)19-7-5-4-6-8-19/h4-12,16H,3,13,15H2,1-2H3. The molecule has 28 heavy (non-hydrogen) atoms. The van der Waals surface area contributed by atoms with Gasteiger partial charge in [0.25, 0.3) is 5.91 Å². The Morgan fingerprint density at radius 2 is 1.89 bits per heavy atom. The third-order valence-electron chi connectivity index (χ3n) is 4.36. The van der Waals surface area contributed by atoms with Crippen molar-refractivity contribution in [2.24, 2.45) is 0 Å². The zero-order valence-corrected chi connectivity index (χ0v) is 16.0. The molecule has 2 aromatic carbocycles. The molecule has 0 bridgehead atoms. The van der Waals surface area contributed by atoms with E-state index in [1.165, 1.54) is 7.11 Å². The number of methoxy groups -OCH3 is 1. The summed E-state index contributed by atoms with van der Waals surface area (Å²) in [5.41, 5.74) is 2.70. The van der Waals surface area contributed by atoms with Gasteiger partial charge in [-0.15, -0.1) is 0 Å². The van der Waals surface area contributed by atoms with Gasteiger partial charge < -0.3 is 9.64 Å². The van der Waals surface area contributed by atoms with Gasteiger partial charge in [0, 0.05) is 13.1 Å². The Balaban J connectivity index is 1.88. The molecule has 0 N–H and O–H groups in total. The Morgan fingerprint density at radius 3 is 2.50 bits per heavy atom. The van der Waals surface area contributed by atoms with E-state index in [4.69, 9.17) is 10.00 Å². The molecule has 142 valence electrons. The normalized spacial score (nSPS) is 10.3. The summed E-state index contributed by atoms with van der Waals surface area (Å²) in [6, 6.07) is 19.0. The Morgan fingerprint density at radius 1 is 1.18 bits per heavy atom. The number of carbonyl (C=O) groups excluding carboxylic acids is 1. The fourth-order valence-electron chi connectivity index (χ4n) is 2.95. The van der Waals surface area contributed by atoms with Crippen molar-refractivity contribution < 1.29 is 9.53 Å². The topological polar surface area (TPSA) is 71.2 Å². The molecule has 0 atom stereocenters.